The van der Waals surface area contributed by atoms with Crippen molar-refractivity contribution >= 4 is 28.7 Å². The van der Waals surface area contributed by atoms with Crippen LogP contribution >= 0.6 is 0 Å². The van der Waals surface area contributed by atoms with Gasteiger partial charge in [-0.15, -0.1) is 0 Å². The van der Waals surface area contributed by atoms with Gasteiger partial charge in [-0.3, -0.25) is 9.69 Å². The third kappa shape index (κ3) is 5.50. The molecule has 4 aromatic rings. The van der Waals surface area contributed by atoms with Crippen molar-refractivity contribution in [3.8, 4) is 11.3 Å². The molecule has 11 heteroatoms. The highest BCUT2D eigenvalue weighted by Crippen LogP contribution is 2.30. The van der Waals surface area contributed by atoms with E-state index in [4.69, 9.17) is 4.98 Å². The summed E-state index contributed by atoms with van der Waals surface area (Å²) in [6.07, 6.45) is 5.28. The number of nitrogens with one attached hydrogen (secondary N) is 1. The number of anilines is 2. The Kier molecular flexibility index (Phi) is 7.37. The summed E-state index contributed by atoms with van der Waals surface area (Å²) in [5.74, 6) is 0.320. The highest BCUT2D eigenvalue weighted by Gasteiger charge is 2.24. The zero-order valence-corrected chi connectivity index (χ0v) is 23.6. The van der Waals surface area contributed by atoms with Gasteiger partial charge in [0.25, 0.3) is 0 Å². The number of hydrogen-bond acceptors (Lipinski definition) is 7. The van der Waals surface area contributed by atoms with Gasteiger partial charge >= 0.3 is 0 Å². The van der Waals surface area contributed by atoms with E-state index < -0.39 is 11.6 Å². The van der Waals surface area contributed by atoms with E-state index in [2.05, 4.69) is 25.2 Å². The van der Waals surface area contributed by atoms with Crippen LogP contribution in [0.25, 0.3) is 22.3 Å². The second-order valence-electron chi connectivity index (χ2n) is 11.2. The van der Waals surface area contributed by atoms with Crippen LogP contribution in [0, 0.1) is 18.6 Å². The molecule has 2 aliphatic rings. The zero-order valence-electron chi connectivity index (χ0n) is 23.6. The monoisotopic (exact) mass is 560 g/mol. The number of hydrogen-bond donors (Lipinski definition) is 1. The molecule has 1 aromatic carbocycles. The summed E-state index contributed by atoms with van der Waals surface area (Å²) >= 11 is 0. The lowest BCUT2D eigenvalue weighted by molar-refractivity contribution is -0.133. The first-order valence-electron chi connectivity index (χ1n) is 14.2. The van der Waals surface area contributed by atoms with Crippen molar-refractivity contribution in [3.05, 3.63) is 59.2 Å². The van der Waals surface area contributed by atoms with Gasteiger partial charge in [-0.2, -0.15) is 0 Å². The van der Waals surface area contributed by atoms with Crippen molar-refractivity contribution in [2.24, 2.45) is 0 Å². The Morgan fingerprint density at radius 1 is 1.02 bits per heavy atom. The van der Waals surface area contributed by atoms with E-state index in [1.54, 1.807) is 12.1 Å². The number of pyridine rings is 1. The molecule has 0 saturated carbocycles. The van der Waals surface area contributed by atoms with Gasteiger partial charge in [0, 0.05) is 36.8 Å². The van der Waals surface area contributed by atoms with E-state index in [1.807, 2.05) is 36.3 Å². The minimum atomic E-state index is -0.658. The second-order valence-corrected chi connectivity index (χ2v) is 11.2. The average Bonchev–Trinajstić information content (AvgIpc) is 3.31. The Balaban J connectivity index is 1.20. The molecule has 3 aromatic heterocycles. The lowest BCUT2D eigenvalue weighted by Crippen LogP contribution is -2.44. The number of amides is 1. The van der Waals surface area contributed by atoms with Crippen LogP contribution < -0.4 is 5.32 Å². The minimum absolute atomic E-state index is 0.0155. The van der Waals surface area contributed by atoms with Gasteiger partial charge in [-0.25, -0.2) is 28.7 Å². The number of piperidine rings is 1. The predicted octanol–water partition coefficient (Wildman–Crippen LogP) is 5.17. The molecule has 0 aliphatic carbocycles. The number of aryl methyl sites for hydroxylation is 1. The van der Waals surface area contributed by atoms with Gasteiger partial charge in [-0.1, -0.05) is 12.5 Å². The molecule has 5 heterocycles. The molecule has 0 bridgehead atoms. The van der Waals surface area contributed by atoms with Crippen LogP contribution in [0.4, 0.5) is 20.5 Å². The molecule has 1 fully saturated rings. The van der Waals surface area contributed by atoms with E-state index in [1.165, 1.54) is 12.5 Å². The summed E-state index contributed by atoms with van der Waals surface area (Å²) in [5, 5.41) is 3.07. The van der Waals surface area contributed by atoms with Gasteiger partial charge < -0.3 is 14.8 Å². The molecule has 1 N–H and O–H groups in total. The van der Waals surface area contributed by atoms with Crippen LogP contribution in [0.15, 0.2) is 30.5 Å². The Labute approximate surface area is 237 Å². The van der Waals surface area contributed by atoms with Crippen LogP contribution in [-0.4, -0.2) is 66.4 Å². The van der Waals surface area contributed by atoms with Crippen LogP contribution in [0.2, 0.25) is 0 Å². The van der Waals surface area contributed by atoms with Gasteiger partial charge in [0.1, 0.15) is 22.9 Å². The maximum atomic E-state index is 15.0. The first kappa shape index (κ1) is 27.2. The van der Waals surface area contributed by atoms with E-state index in [0.29, 0.717) is 48.8 Å². The zero-order chi connectivity index (χ0) is 28.7. The van der Waals surface area contributed by atoms with Crippen molar-refractivity contribution in [3.63, 3.8) is 0 Å². The van der Waals surface area contributed by atoms with E-state index in [0.717, 1.165) is 43.4 Å². The van der Waals surface area contributed by atoms with Gasteiger partial charge in [-0.05, 0) is 70.5 Å². The SMILES string of the molecule is Cc1nc2c(F)cc(-c3nc(Nc4ccc5c(n4)CCN(C(=O)CN4CCCCC4)C5)ncc3F)cc2n1C(C)C. The number of rotatable bonds is 6. The average molecular weight is 561 g/mol. The fourth-order valence-electron chi connectivity index (χ4n) is 5.91. The molecule has 9 nitrogen and oxygen atoms in total. The van der Waals surface area contributed by atoms with Crippen LogP contribution in [0.1, 0.15) is 56.2 Å². The first-order chi connectivity index (χ1) is 19.8. The maximum absolute atomic E-state index is 15.0. The number of aromatic nitrogens is 5. The lowest BCUT2D eigenvalue weighted by Gasteiger charge is -2.32. The smallest absolute Gasteiger partial charge is 0.237 e. The molecule has 0 radical (unpaired) electrons. The van der Waals surface area contributed by atoms with Crippen molar-refractivity contribution < 1.29 is 13.6 Å². The topological polar surface area (TPSA) is 92.1 Å². The predicted molar refractivity (Wildman–Crippen MR) is 153 cm³/mol. The summed E-state index contributed by atoms with van der Waals surface area (Å²) in [4.78, 5) is 34.6. The summed E-state index contributed by atoms with van der Waals surface area (Å²) in [7, 11) is 0. The number of fused-ring (bicyclic) bond motifs is 2. The third-order valence-corrected chi connectivity index (χ3v) is 7.91. The fourth-order valence-corrected chi connectivity index (χ4v) is 5.91. The number of likely N-dealkylation sites (tertiary alicyclic amines) is 1. The lowest BCUT2D eigenvalue weighted by atomic mass is 10.1. The van der Waals surface area contributed by atoms with Crippen LogP contribution in [0.3, 0.4) is 0 Å². The minimum Gasteiger partial charge on any atom is -0.337 e. The summed E-state index contributed by atoms with van der Waals surface area (Å²) in [6, 6.07) is 6.78. The molecule has 41 heavy (non-hydrogen) atoms. The largest absolute Gasteiger partial charge is 0.337 e. The van der Waals surface area contributed by atoms with Crippen molar-refractivity contribution in [2.45, 2.75) is 59.0 Å². The van der Waals surface area contributed by atoms with Crippen LogP contribution in [0.5, 0.6) is 0 Å². The molecule has 1 amide bonds. The van der Waals surface area contributed by atoms with Gasteiger partial charge in [0.05, 0.1) is 18.3 Å². The van der Waals surface area contributed by atoms with Crippen molar-refractivity contribution in [1.29, 1.82) is 0 Å². The molecule has 2 aliphatic heterocycles. The third-order valence-electron chi connectivity index (χ3n) is 7.91. The van der Waals surface area contributed by atoms with Gasteiger partial charge in [0.2, 0.25) is 11.9 Å². The Hall–Kier alpha value is -3.99. The quantitative estimate of drug-likeness (QED) is 0.348. The molecular formula is C30H34F2N8O. The first-order valence-corrected chi connectivity index (χ1v) is 14.2. The number of halogens is 2. The number of imidazole rings is 1. The van der Waals surface area contributed by atoms with Crippen LogP contribution in [-0.2, 0) is 17.8 Å². The Morgan fingerprint density at radius 3 is 2.61 bits per heavy atom. The Morgan fingerprint density at radius 2 is 1.83 bits per heavy atom. The number of carbonyl (C=O) groups is 1. The standard InChI is InChI=1S/C30H34F2N8O/c1-18(2)40-19(3)34-29-22(31)13-21(14-25(29)40)28-23(32)15-33-30(37-28)36-26-8-7-20-16-39(12-9-24(20)35-26)27(41)17-38-10-5-4-6-11-38/h7-8,13-15,18H,4-6,9-12,16-17H2,1-3H3,(H,33,35,36,37). The molecular weight excluding hydrogens is 526 g/mol. The molecule has 214 valence electrons. The fraction of sp³-hybridized carbons (Fsp3) is 0.433. The summed E-state index contributed by atoms with van der Waals surface area (Å²) < 4.78 is 31.9. The molecule has 0 unspecified atom stereocenters. The second kappa shape index (κ2) is 11.1. The van der Waals surface area contributed by atoms with Gasteiger partial charge in [0.15, 0.2) is 11.6 Å². The molecule has 1 saturated heterocycles. The molecule has 6 rings (SSSR count). The summed E-state index contributed by atoms with van der Waals surface area (Å²) in [6.45, 7) is 9.41. The highest BCUT2D eigenvalue weighted by atomic mass is 19.1. The van der Waals surface area contributed by atoms with E-state index in [-0.39, 0.29) is 29.1 Å². The molecule has 0 spiro atoms. The van der Waals surface area contributed by atoms with Crippen molar-refractivity contribution in [2.75, 3.05) is 31.5 Å². The number of carbonyl (C=O) groups excluding carboxylic acids is 1. The van der Waals surface area contributed by atoms with Crippen molar-refractivity contribution in [1.82, 2.24) is 34.3 Å². The maximum Gasteiger partial charge on any atom is 0.237 e. The van der Waals surface area contributed by atoms with E-state index in [9.17, 15) is 9.18 Å². The Bertz CT molecular complexity index is 1610. The number of nitrogens with zero attached hydrogens (tertiary/aromatic N) is 7. The summed E-state index contributed by atoms with van der Waals surface area (Å²) in [5.41, 5.74) is 3.03. The number of benzene rings is 1. The normalized spacial score (nSPS) is 15.9. The van der Waals surface area contributed by atoms with E-state index >= 15 is 4.39 Å². The molecule has 0 atom stereocenters. The highest BCUT2D eigenvalue weighted by molar-refractivity contribution is 5.83.